The van der Waals surface area contributed by atoms with Crippen molar-refractivity contribution >= 4 is 0 Å². The molecule has 3 nitrogen and oxygen atoms in total. The van der Waals surface area contributed by atoms with Crippen LogP contribution in [0.5, 0.6) is 17.2 Å². The van der Waals surface area contributed by atoms with Crippen molar-refractivity contribution < 1.29 is 15.3 Å². The molecule has 0 unspecified atom stereocenters. The first kappa shape index (κ1) is 10.3. The van der Waals surface area contributed by atoms with Gasteiger partial charge in [0.05, 0.1) is 5.56 Å². The zero-order valence-electron chi connectivity index (χ0n) is 8.34. The van der Waals surface area contributed by atoms with Crippen LogP contribution >= 0.6 is 0 Å². The van der Waals surface area contributed by atoms with Gasteiger partial charge < -0.3 is 15.3 Å². The molecule has 0 spiro atoms. The van der Waals surface area contributed by atoms with Gasteiger partial charge in [-0.15, -0.1) is 5.92 Å². The van der Waals surface area contributed by atoms with Gasteiger partial charge in [0.2, 0.25) is 0 Å². The van der Waals surface area contributed by atoms with E-state index in [9.17, 15) is 15.3 Å². The number of hydrogen-bond donors (Lipinski definition) is 3. The molecule has 1 aromatic carbocycles. The lowest BCUT2D eigenvalue weighted by Gasteiger charge is -2.10. The summed E-state index contributed by atoms with van der Waals surface area (Å²) in [5.41, 5.74) is 1.02. The number of phenols is 3. The van der Waals surface area contributed by atoms with E-state index in [2.05, 4.69) is 11.8 Å². The molecule has 0 saturated carbocycles. The minimum absolute atomic E-state index is 0.0296. The van der Waals surface area contributed by atoms with E-state index >= 15 is 0 Å². The molecule has 0 aliphatic carbocycles. The SMILES string of the molecule is CC#Cc1c(C)c(O)c(C)c(O)c1O. The van der Waals surface area contributed by atoms with E-state index in [0.717, 1.165) is 0 Å². The van der Waals surface area contributed by atoms with Gasteiger partial charge >= 0.3 is 0 Å². The topological polar surface area (TPSA) is 60.7 Å². The van der Waals surface area contributed by atoms with Crippen LogP contribution in [0.3, 0.4) is 0 Å². The van der Waals surface area contributed by atoms with Crippen LogP contribution in [0.4, 0.5) is 0 Å². The fourth-order valence-corrected chi connectivity index (χ4v) is 1.26. The molecule has 0 aliphatic heterocycles. The lowest BCUT2D eigenvalue weighted by molar-refractivity contribution is 0.390. The fraction of sp³-hybridized carbons (Fsp3) is 0.273. The Morgan fingerprint density at radius 1 is 0.857 bits per heavy atom. The first-order valence-electron chi connectivity index (χ1n) is 4.17. The average molecular weight is 192 g/mol. The van der Waals surface area contributed by atoms with E-state index in [-0.39, 0.29) is 28.4 Å². The van der Waals surface area contributed by atoms with E-state index < -0.39 is 0 Å². The van der Waals surface area contributed by atoms with Crippen LogP contribution in [-0.4, -0.2) is 15.3 Å². The summed E-state index contributed by atoms with van der Waals surface area (Å²) in [7, 11) is 0. The lowest BCUT2D eigenvalue weighted by atomic mass is 10.0. The molecule has 3 N–H and O–H groups in total. The second-order valence-electron chi connectivity index (χ2n) is 3.05. The van der Waals surface area contributed by atoms with Gasteiger partial charge in [-0.3, -0.25) is 0 Å². The molecule has 0 bridgehead atoms. The Morgan fingerprint density at radius 3 is 1.93 bits per heavy atom. The third kappa shape index (κ3) is 1.35. The van der Waals surface area contributed by atoms with Crippen molar-refractivity contribution in [1.29, 1.82) is 0 Å². The molecule has 0 radical (unpaired) electrons. The molecule has 1 rings (SSSR count). The molecule has 0 saturated heterocycles. The Hall–Kier alpha value is -1.82. The van der Waals surface area contributed by atoms with Crippen molar-refractivity contribution in [3.8, 4) is 29.1 Å². The molecule has 74 valence electrons. The third-order valence-corrected chi connectivity index (χ3v) is 2.15. The quantitative estimate of drug-likeness (QED) is 0.333. The summed E-state index contributed by atoms with van der Waals surface area (Å²) in [5.74, 6) is 4.63. The molecule has 3 heteroatoms. The number of aromatic hydroxyl groups is 3. The Morgan fingerprint density at radius 2 is 1.43 bits per heavy atom. The maximum absolute atomic E-state index is 9.58. The van der Waals surface area contributed by atoms with Crippen molar-refractivity contribution in [2.75, 3.05) is 0 Å². The molecule has 0 aliphatic rings. The fourth-order valence-electron chi connectivity index (χ4n) is 1.26. The number of phenolic OH excluding ortho intramolecular Hbond substituents is 3. The molecule has 0 fully saturated rings. The van der Waals surface area contributed by atoms with E-state index in [1.165, 1.54) is 6.92 Å². The molecule has 0 amide bonds. The summed E-state index contributed by atoms with van der Waals surface area (Å²) < 4.78 is 0. The predicted molar refractivity (Wildman–Crippen MR) is 53.5 cm³/mol. The normalized spacial score (nSPS) is 9.36. The van der Waals surface area contributed by atoms with Gasteiger partial charge in [0.1, 0.15) is 5.75 Å². The van der Waals surface area contributed by atoms with Gasteiger partial charge in [0, 0.05) is 11.1 Å². The summed E-state index contributed by atoms with van der Waals surface area (Å²) in [5, 5.41) is 28.6. The summed E-state index contributed by atoms with van der Waals surface area (Å²) in [4.78, 5) is 0. The number of benzene rings is 1. The Labute approximate surface area is 82.6 Å². The summed E-state index contributed by atoms with van der Waals surface area (Å²) in [6.45, 7) is 4.79. The van der Waals surface area contributed by atoms with Crippen molar-refractivity contribution in [2.24, 2.45) is 0 Å². The third-order valence-electron chi connectivity index (χ3n) is 2.15. The van der Waals surface area contributed by atoms with Crippen molar-refractivity contribution in [3.05, 3.63) is 16.7 Å². The summed E-state index contributed by atoms with van der Waals surface area (Å²) in [6.07, 6.45) is 0. The van der Waals surface area contributed by atoms with Crippen molar-refractivity contribution in [2.45, 2.75) is 20.8 Å². The van der Waals surface area contributed by atoms with Crippen LogP contribution < -0.4 is 0 Å². The van der Waals surface area contributed by atoms with Crippen molar-refractivity contribution in [3.63, 3.8) is 0 Å². The van der Waals surface area contributed by atoms with Crippen LogP contribution in [0.2, 0.25) is 0 Å². The van der Waals surface area contributed by atoms with Gasteiger partial charge in [-0.25, -0.2) is 0 Å². The van der Waals surface area contributed by atoms with Gasteiger partial charge in [0.15, 0.2) is 11.5 Å². The smallest absolute Gasteiger partial charge is 0.174 e. The van der Waals surface area contributed by atoms with Crippen LogP contribution in [0.1, 0.15) is 23.6 Å². The van der Waals surface area contributed by atoms with E-state index in [1.54, 1.807) is 13.8 Å². The Kier molecular flexibility index (Phi) is 2.57. The van der Waals surface area contributed by atoms with E-state index in [4.69, 9.17) is 0 Å². The Bertz CT molecular complexity index is 407. The number of hydrogen-bond acceptors (Lipinski definition) is 3. The largest absolute Gasteiger partial charge is 0.507 e. The molecular weight excluding hydrogens is 180 g/mol. The van der Waals surface area contributed by atoms with Crippen molar-refractivity contribution in [1.82, 2.24) is 0 Å². The minimum Gasteiger partial charge on any atom is -0.507 e. The first-order valence-corrected chi connectivity index (χ1v) is 4.17. The highest BCUT2D eigenvalue weighted by atomic mass is 16.3. The molecule has 0 aromatic heterocycles. The van der Waals surface area contributed by atoms with Crippen LogP contribution in [0, 0.1) is 25.7 Å². The summed E-state index contributed by atoms with van der Waals surface area (Å²) in [6, 6.07) is 0. The zero-order valence-corrected chi connectivity index (χ0v) is 8.34. The minimum atomic E-state index is -0.314. The van der Waals surface area contributed by atoms with Gasteiger partial charge in [-0.1, -0.05) is 5.92 Å². The van der Waals surface area contributed by atoms with Crippen LogP contribution in [0.15, 0.2) is 0 Å². The maximum Gasteiger partial charge on any atom is 0.174 e. The predicted octanol–water partition coefficient (Wildman–Crippen LogP) is 1.79. The highest BCUT2D eigenvalue weighted by Gasteiger charge is 2.16. The lowest BCUT2D eigenvalue weighted by Crippen LogP contribution is -1.89. The Balaban J connectivity index is 3.65. The second kappa shape index (κ2) is 3.51. The standard InChI is InChI=1S/C11H12O3/c1-4-5-8-6(2)9(12)7(3)10(13)11(8)14/h12-14H,1-3H3. The van der Waals surface area contributed by atoms with Crippen LogP contribution in [0.25, 0.3) is 0 Å². The average Bonchev–Trinajstić information content (AvgIpc) is 2.19. The maximum atomic E-state index is 9.58. The highest BCUT2D eigenvalue weighted by molar-refractivity contribution is 5.65. The second-order valence-corrected chi connectivity index (χ2v) is 3.05. The highest BCUT2D eigenvalue weighted by Crippen LogP contribution is 2.40. The first-order chi connectivity index (χ1) is 6.50. The van der Waals surface area contributed by atoms with E-state index in [0.29, 0.717) is 5.56 Å². The monoisotopic (exact) mass is 192 g/mol. The van der Waals surface area contributed by atoms with Gasteiger partial charge in [0.25, 0.3) is 0 Å². The van der Waals surface area contributed by atoms with Gasteiger partial charge in [-0.05, 0) is 20.8 Å². The molecule has 0 atom stereocenters. The molecule has 0 heterocycles. The number of rotatable bonds is 0. The zero-order chi connectivity index (χ0) is 10.9. The van der Waals surface area contributed by atoms with E-state index in [1.807, 2.05) is 0 Å². The molecule has 14 heavy (non-hydrogen) atoms. The molecule has 1 aromatic rings. The van der Waals surface area contributed by atoms with Gasteiger partial charge in [-0.2, -0.15) is 0 Å². The van der Waals surface area contributed by atoms with Crippen LogP contribution in [-0.2, 0) is 0 Å². The molecular formula is C11H12O3. The summed E-state index contributed by atoms with van der Waals surface area (Å²) >= 11 is 0.